The highest BCUT2D eigenvalue weighted by Crippen LogP contribution is 2.12. The van der Waals surface area contributed by atoms with Gasteiger partial charge < -0.3 is 5.32 Å². The number of rotatable bonds is 0. The Balaban J connectivity index is 2.70. The van der Waals surface area contributed by atoms with Crippen LogP contribution < -0.4 is 5.32 Å². The zero-order valence-corrected chi connectivity index (χ0v) is 4.75. The number of hydrogen-bond donors (Lipinski definition) is 1. The van der Waals surface area contributed by atoms with Crippen LogP contribution in [0.1, 0.15) is 0 Å². The van der Waals surface area contributed by atoms with Crippen LogP contribution in [-0.4, -0.2) is 16.9 Å². The molecule has 42 valence electrons. The van der Waals surface area contributed by atoms with E-state index in [1.807, 2.05) is 0 Å². The summed E-state index contributed by atoms with van der Waals surface area (Å²) in [5.74, 6) is 2.05. The first-order valence-corrected chi connectivity index (χ1v) is 2.99. The first-order chi connectivity index (χ1) is 3.83. The van der Waals surface area contributed by atoms with Crippen LogP contribution in [0.2, 0.25) is 0 Å². The van der Waals surface area contributed by atoms with Gasteiger partial charge in [0.2, 0.25) is 0 Å². The molecule has 1 amide bonds. The van der Waals surface area contributed by atoms with Gasteiger partial charge in [-0.15, -0.1) is 0 Å². The van der Waals surface area contributed by atoms with Crippen molar-refractivity contribution >= 4 is 22.9 Å². The Morgan fingerprint density at radius 1 is 1.75 bits per heavy atom. The Morgan fingerprint density at radius 3 is 2.75 bits per heavy atom. The third-order valence-corrected chi connectivity index (χ3v) is 1.52. The van der Waals surface area contributed by atoms with Gasteiger partial charge in [-0.05, 0) is 0 Å². The van der Waals surface area contributed by atoms with Crippen molar-refractivity contribution in [1.82, 2.24) is 5.32 Å². The summed E-state index contributed by atoms with van der Waals surface area (Å²) in [6.45, 7) is 0. The second-order valence-corrected chi connectivity index (χ2v) is 2.23. The van der Waals surface area contributed by atoms with Gasteiger partial charge in [0.25, 0.3) is 5.24 Å². The van der Waals surface area contributed by atoms with E-state index in [1.54, 1.807) is 5.94 Å². The second-order valence-electron chi connectivity index (χ2n) is 1.28. The molecule has 0 aromatic heterocycles. The van der Waals surface area contributed by atoms with Crippen molar-refractivity contribution in [2.24, 2.45) is 0 Å². The third kappa shape index (κ3) is 0.911. The Kier molecular flexibility index (Phi) is 1.37. The van der Waals surface area contributed by atoms with Crippen LogP contribution in [0.15, 0.2) is 5.70 Å². The van der Waals surface area contributed by atoms with Gasteiger partial charge in [-0.1, -0.05) is 11.8 Å². The molecule has 0 bridgehead atoms. The van der Waals surface area contributed by atoms with E-state index in [0.29, 0.717) is 11.4 Å². The van der Waals surface area contributed by atoms with Crippen molar-refractivity contribution in [2.75, 3.05) is 5.75 Å². The van der Waals surface area contributed by atoms with E-state index in [1.165, 1.54) is 0 Å². The average molecular weight is 129 g/mol. The smallest absolute Gasteiger partial charge is 0.284 e. The molecular formula is C4H3NO2S. The lowest BCUT2D eigenvalue weighted by Crippen LogP contribution is -2.09. The van der Waals surface area contributed by atoms with Crippen molar-refractivity contribution < 1.29 is 9.59 Å². The second kappa shape index (κ2) is 2.03. The lowest BCUT2D eigenvalue weighted by Gasteiger charge is -1.81. The minimum absolute atomic E-state index is 0.164. The minimum Gasteiger partial charge on any atom is -0.310 e. The molecule has 0 unspecified atom stereocenters. The fourth-order valence-corrected chi connectivity index (χ4v) is 0.990. The van der Waals surface area contributed by atoms with Gasteiger partial charge >= 0.3 is 0 Å². The van der Waals surface area contributed by atoms with Crippen molar-refractivity contribution in [1.29, 1.82) is 0 Å². The number of hydrogen-bond acceptors (Lipinski definition) is 3. The molecule has 0 atom stereocenters. The van der Waals surface area contributed by atoms with E-state index >= 15 is 0 Å². The molecule has 0 saturated carbocycles. The monoisotopic (exact) mass is 129 g/mol. The summed E-state index contributed by atoms with van der Waals surface area (Å²) in [6, 6.07) is 0. The van der Waals surface area contributed by atoms with Gasteiger partial charge in [-0.3, -0.25) is 4.79 Å². The molecule has 0 aromatic rings. The zero-order chi connectivity index (χ0) is 5.98. The fraction of sp³-hybridized carbons (Fsp3) is 0.250. The largest absolute Gasteiger partial charge is 0.310 e. The molecule has 1 aliphatic rings. The summed E-state index contributed by atoms with van der Waals surface area (Å²) >= 11 is 1.08. The predicted octanol–water partition coefficient (Wildman–Crippen LogP) is 0.158. The van der Waals surface area contributed by atoms with E-state index in [2.05, 4.69) is 5.32 Å². The molecule has 1 fully saturated rings. The van der Waals surface area contributed by atoms with Gasteiger partial charge in [-0.2, -0.15) is 0 Å². The molecule has 1 heterocycles. The first-order valence-electron chi connectivity index (χ1n) is 2.00. The van der Waals surface area contributed by atoms with E-state index in [4.69, 9.17) is 0 Å². The summed E-state index contributed by atoms with van der Waals surface area (Å²) in [7, 11) is 0. The molecule has 0 spiro atoms. The number of thioether (sulfide) groups is 1. The standard InChI is InChI=1S/C4H3NO2S/c6-1-3-2-8-4(7)5-3/h2H2,(H,5,7). The molecule has 0 radical (unpaired) electrons. The van der Waals surface area contributed by atoms with Gasteiger partial charge in [0.05, 0.1) is 5.75 Å². The highest BCUT2D eigenvalue weighted by atomic mass is 32.2. The van der Waals surface area contributed by atoms with E-state index in [9.17, 15) is 9.59 Å². The minimum atomic E-state index is -0.164. The summed E-state index contributed by atoms with van der Waals surface area (Å²) < 4.78 is 0. The molecule has 0 aromatic carbocycles. The van der Waals surface area contributed by atoms with Crippen LogP contribution in [0.3, 0.4) is 0 Å². The highest BCUT2D eigenvalue weighted by Gasteiger charge is 2.14. The van der Waals surface area contributed by atoms with E-state index < -0.39 is 0 Å². The molecule has 1 N–H and O–H groups in total. The van der Waals surface area contributed by atoms with Crippen molar-refractivity contribution in [3.8, 4) is 0 Å². The van der Waals surface area contributed by atoms with Crippen LogP contribution in [0.25, 0.3) is 0 Å². The highest BCUT2D eigenvalue weighted by molar-refractivity contribution is 8.14. The Bertz CT molecular complexity index is 171. The molecule has 4 heteroatoms. The summed E-state index contributed by atoms with van der Waals surface area (Å²) in [4.78, 5) is 20.0. The maximum atomic E-state index is 10.3. The lowest BCUT2D eigenvalue weighted by molar-refractivity contribution is 0.263. The summed E-state index contributed by atoms with van der Waals surface area (Å²) in [6.07, 6.45) is 0. The fourth-order valence-electron chi connectivity index (χ4n) is 0.388. The Morgan fingerprint density at radius 2 is 2.50 bits per heavy atom. The topological polar surface area (TPSA) is 46.2 Å². The van der Waals surface area contributed by atoms with Gasteiger partial charge in [0.1, 0.15) is 11.6 Å². The molecule has 1 saturated heterocycles. The van der Waals surface area contributed by atoms with Crippen LogP contribution in [0, 0.1) is 0 Å². The maximum absolute atomic E-state index is 10.3. The van der Waals surface area contributed by atoms with Crippen molar-refractivity contribution in [3.63, 3.8) is 0 Å². The Labute approximate surface area is 50.1 Å². The van der Waals surface area contributed by atoms with Crippen LogP contribution >= 0.6 is 11.8 Å². The normalized spacial score (nSPS) is 18.0. The number of carbonyl (C=O) groups is 1. The van der Waals surface area contributed by atoms with Crippen molar-refractivity contribution in [2.45, 2.75) is 0 Å². The van der Waals surface area contributed by atoms with Crippen LogP contribution in [0.5, 0.6) is 0 Å². The molecule has 8 heavy (non-hydrogen) atoms. The molecule has 3 nitrogen and oxygen atoms in total. The van der Waals surface area contributed by atoms with Gasteiger partial charge in [0.15, 0.2) is 0 Å². The maximum Gasteiger partial charge on any atom is 0.284 e. The quantitative estimate of drug-likeness (QED) is 0.474. The van der Waals surface area contributed by atoms with Crippen LogP contribution in [-0.2, 0) is 4.79 Å². The van der Waals surface area contributed by atoms with E-state index in [-0.39, 0.29) is 5.24 Å². The number of amides is 1. The first kappa shape index (κ1) is 5.41. The summed E-state index contributed by atoms with van der Waals surface area (Å²) in [5.41, 5.74) is 0.347. The van der Waals surface area contributed by atoms with Gasteiger partial charge in [-0.25, -0.2) is 4.79 Å². The number of carbonyl (C=O) groups excluding carboxylic acids is 2. The molecule has 1 rings (SSSR count). The number of nitrogens with one attached hydrogen (secondary N) is 1. The molecular weight excluding hydrogens is 126 g/mol. The predicted molar refractivity (Wildman–Crippen MR) is 30.2 cm³/mol. The lowest BCUT2D eigenvalue weighted by atomic mass is 10.6. The average Bonchev–Trinajstić information content (AvgIpc) is 2.14. The van der Waals surface area contributed by atoms with E-state index in [0.717, 1.165) is 11.8 Å². The molecule has 0 aliphatic carbocycles. The Hall–Kier alpha value is -0.730. The zero-order valence-electron chi connectivity index (χ0n) is 3.93. The van der Waals surface area contributed by atoms with Crippen LogP contribution in [0.4, 0.5) is 4.79 Å². The SMILES string of the molecule is O=C=C1CSC(=O)N1. The molecule has 1 aliphatic heterocycles. The summed E-state index contributed by atoms with van der Waals surface area (Å²) in [5, 5.41) is 2.16. The van der Waals surface area contributed by atoms with Gasteiger partial charge in [0, 0.05) is 0 Å². The third-order valence-electron chi connectivity index (χ3n) is 0.724. The van der Waals surface area contributed by atoms with Crippen molar-refractivity contribution in [3.05, 3.63) is 5.70 Å².